The van der Waals surface area contributed by atoms with E-state index in [0.29, 0.717) is 19.6 Å². The van der Waals surface area contributed by atoms with Crippen LogP contribution >= 0.6 is 0 Å². The number of hydrogen-bond acceptors (Lipinski definition) is 3. The molecule has 0 radical (unpaired) electrons. The fraction of sp³-hybridized carbons (Fsp3) is 0.500. The molecule has 1 aliphatic heterocycles. The van der Waals surface area contributed by atoms with Crippen molar-refractivity contribution in [1.82, 2.24) is 10.2 Å². The first-order valence-corrected chi connectivity index (χ1v) is 7.37. The molecule has 1 fully saturated rings. The Kier molecular flexibility index (Phi) is 5.20. The molecule has 114 valence electrons. The molecule has 0 bridgehead atoms. The van der Waals surface area contributed by atoms with Crippen LogP contribution in [0.2, 0.25) is 0 Å². The Labute approximate surface area is 125 Å². The maximum Gasteiger partial charge on any atom is 0.245 e. The Morgan fingerprint density at radius 1 is 1.38 bits per heavy atom. The van der Waals surface area contributed by atoms with E-state index in [1.807, 2.05) is 38.1 Å². The first-order valence-electron chi connectivity index (χ1n) is 7.37. The number of hydrogen-bond donors (Lipinski definition) is 1. The highest BCUT2D eigenvalue weighted by Gasteiger charge is 2.31. The van der Waals surface area contributed by atoms with Gasteiger partial charge in [-0.25, -0.2) is 0 Å². The van der Waals surface area contributed by atoms with Crippen LogP contribution in [0.15, 0.2) is 24.3 Å². The second-order valence-corrected chi connectivity index (χ2v) is 5.33. The van der Waals surface area contributed by atoms with E-state index in [4.69, 9.17) is 4.74 Å². The molecule has 0 saturated carbocycles. The Bertz CT molecular complexity index is 516. The fourth-order valence-corrected chi connectivity index (χ4v) is 2.43. The van der Waals surface area contributed by atoms with E-state index in [1.165, 1.54) is 0 Å². The summed E-state index contributed by atoms with van der Waals surface area (Å²) in [6.07, 6.45) is 1.55. The average Bonchev–Trinajstić information content (AvgIpc) is 2.44. The third-order valence-corrected chi connectivity index (χ3v) is 3.48. The van der Waals surface area contributed by atoms with E-state index in [9.17, 15) is 9.59 Å². The van der Waals surface area contributed by atoms with E-state index in [0.717, 1.165) is 17.7 Å². The summed E-state index contributed by atoms with van der Waals surface area (Å²) in [7, 11) is 0. The summed E-state index contributed by atoms with van der Waals surface area (Å²) < 4.78 is 5.64. The quantitative estimate of drug-likeness (QED) is 0.864. The number of carbonyl (C=O) groups excluding carboxylic acids is 2. The summed E-state index contributed by atoms with van der Waals surface area (Å²) in [5.41, 5.74) is 1.13. The van der Waals surface area contributed by atoms with Crippen LogP contribution in [0.3, 0.4) is 0 Å². The van der Waals surface area contributed by atoms with Crippen LogP contribution in [0.5, 0.6) is 5.75 Å². The lowest BCUT2D eigenvalue weighted by Gasteiger charge is -2.32. The standard InChI is InChI=1S/C16H22N2O3/c1-3-5-14-16(20)18(11-15(19)17-14)8-9-21-13-7-4-6-12(2)10-13/h4,6-7,10,14H,3,5,8-9,11H2,1-2H3,(H,17,19). The van der Waals surface area contributed by atoms with Gasteiger partial charge in [-0.05, 0) is 31.0 Å². The molecule has 1 aromatic rings. The summed E-state index contributed by atoms with van der Waals surface area (Å²) in [6.45, 7) is 4.94. The predicted octanol–water partition coefficient (Wildman–Crippen LogP) is 1.50. The SMILES string of the molecule is CCCC1NC(=O)CN(CCOc2cccc(C)c2)C1=O. The molecule has 21 heavy (non-hydrogen) atoms. The molecule has 2 amide bonds. The molecule has 1 saturated heterocycles. The molecule has 1 heterocycles. The molecule has 1 unspecified atom stereocenters. The first kappa shape index (κ1) is 15.4. The monoisotopic (exact) mass is 290 g/mol. The van der Waals surface area contributed by atoms with Gasteiger partial charge in [-0.2, -0.15) is 0 Å². The number of rotatable bonds is 6. The zero-order valence-electron chi connectivity index (χ0n) is 12.6. The van der Waals surface area contributed by atoms with Crippen LogP contribution in [0.1, 0.15) is 25.3 Å². The van der Waals surface area contributed by atoms with Crippen LogP contribution in [0, 0.1) is 6.92 Å². The summed E-state index contributed by atoms with van der Waals surface area (Å²) in [5.74, 6) is 0.682. The van der Waals surface area contributed by atoms with Crippen molar-refractivity contribution in [3.63, 3.8) is 0 Å². The highest BCUT2D eigenvalue weighted by Crippen LogP contribution is 2.13. The molecular weight excluding hydrogens is 268 g/mol. The van der Waals surface area contributed by atoms with Gasteiger partial charge in [0.1, 0.15) is 18.4 Å². The van der Waals surface area contributed by atoms with Gasteiger partial charge in [-0.15, -0.1) is 0 Å². The summed E-state index contributed by atoms with van der Waals surface area (Å²) in [4.78, 5) is 25.4. The lowest BCUT2D eigenvalue weighted by molar-refractivity contribution is -0.144. The molecule has 1 atom stereocenters. The molecule has 0 aliphatic carbocycles. The number of aryl methyl sites for hydroxylation is 1. The largest absolute Gasteiger partial charge is 0.492 e. The summed E-state index contributed by atoms with van der Waals surface area (Å²) in [6, 6.07) is 7.39. The topological polar surface area (TPSA) is 58.6 Å². The van der Waals surface area contributed by atoms with Crippen molar-refractivity contribution in [2.45, 2.75) is 32.7 Å². The molecule has 2 rings (SSSR count). The van der Waals surface area contributed by atoms with Crippen molar-refractivity contribution in [2.75, 3.05) is 19.7 Å². The number of nitrogens with zero attached hydrogens (tertiary/aromatic N) is 1. The maximum absolute atomic E-state index is 12.2. The minimum atomic E-state index is -0.379. The van der Waals surface area contributed by atoms with E-state index in [2.05, 4.69) is 5.32 Å². The van der Waals surface area contributed by atoms with E-state index in [-0.39, 0.29) is 24.4 Å². The molecule has 0 spiro atoms. The Hall–Kier alpha value is -2.04. The molecule has 1 aromatic carbocycles. The van der Waals surface area contributed by atoms with Crippen molar-refractivity contribution >= 4 is 11.8 Å². The van der Waals surface area contributed by atoms with E-state index >= 15 is 0 Å². The van der Waals surface area contributed by atoms with Crippen molar-refractivity contribution in [2.24, 2.45) is 0 Å². The highest BCUT2D eigenvalue weighted by atomic mass is 16.5. The van der Waals surface area contributed by atoms with Gasteiger partial charge in [0.2, 0.25) is 11.8 Å². The van der Waals surface area contributed by atoms with Crippen LogP contribution in [-0.4, -0.2) is 42.5 Å². The van der Waals surface area contributed by atoms with Gasteiger partial charge < -0.3 is 15.0 Å². The number of ether oxygens (including phenoxy) is 1. The van der Waals surface area contributed by atoms with Crippen LogP contribution < -0.4 is 10.1 Å². The lowest BCUT2D eigenvalue weighted by atomic mass is 10.1. The summed E-state index contributed by atoms with van der Waals surface area (Å²) in [5, 5.41) is 2.74. The molecule has 1 N–H and O–H groups in total. The van der Waals surface area contributed by atoms with Gasteiger partial charge >= 0.3 is 0 Å². The summed E-state index contributed by atoms with van der Waals surface area (Å²) >= 11 is 0. The smallest absolute Gasteiger partial charge is 0.245 e. The number of amides is 2. The Morgan fingerprint density at radius 3 is 2.90 bits per heavy atom. The van der Waals surface area contributed by atoms with Crippen molar-refractivity contribution < 1.29 is 14.3 Å². The minimum absolute atomic E-state index is 0.00991. The van der Waals surface area contributed by atoms with Crippen molar-refractivity contribution in [3.05, 3.63) is 29.8 Å². The third-order valence-electron chi connectivity index (χ3n) is 3.48. The second kappa shape index (κ2) is 7.11. The van der Waals surface area contributed by atoms with Gasteiger partial charge in [0, 0.05) is 0 Å². The number of nitrogens with one attached hydrogen (secondary N) is 1. The van der Waals surface area contributed by atoms with Crippen molar-refractivity contribution in [3.8, 4) is 5.75 Å². The van der Waals surface area contributed by atoms with Crippen LogP contribution in [0.4, 0.5) is 0 Å². The normalized spacial score (nSPS) is 18.6. The van der Waals surface area contributed by atoms with E-state index < -0.39 is 0 Å². The molecule has 1 aliphatic rings. The Morgan fingerprint density at radius 2 is 2.19 bits per heavy atom. The molecule has 5 heteroatoms. The molecule has 5 nitrogen and oxygen atoms in total. The lowest BCUT2D eigenvalue weighted by Crippen LogP contribution is -2.58. The first-order chi connectivity index (χ1) is 10.1. The molecular formula is C16H22N2O3. The Balaban J connectivity index is 1.86. The van der Waals surface area contributed by atoms with Gasteiger partial charge in [-0.1, -0.05) is 25.5 Å². The zero-order valence-corrected chi connectivity index (χ0v) is 12.6. The maximum atomic E-state index is 12.2. The van der Waals surface area contributed by atoms with Gasteiger partial charge in [0.15, 0.2) is 0 Å². The fourth-order valence-electron chi connectivity index (χ4n) is 2.43. The van der Waals surface area contributed by atoms with Gasteiger partial charge in [0.25, 0.3) is 0 Å². The van der Waals surface area contributed by atoms with Crippen LogP contribution in [-0.2, 0) is 9.59 Å². The third kappa shape index (κ3) is 4.21. The second-order valence-electron chi connectivity index (χ2n) is 5.33. The number of benzene rings is 1. The van der Waals surface area contributed by atoms with Crippen molar-refractivity contribution in [1.29, 1.82) is 0 Å². The number of piperazine rings is 1. The predicted molar refractivity (Wildman–Crippen MR) is 80.1 cm³/mol. The molecule has 0 aromatic heterocycles. The number of carbonyl (C=O) groups is 2. The van der Waals surface area contributed by atoms with Gasteiger partial charge in [0.05, 0.1) is 13.1 Å². The highest BCUT2D eigenvalue weighted by molar-refractivity contribution is 5.94. The van der Waals surface area contributed by atoms with Gasteiger partial charge in [-0.3, -0.25) is 9.59 Å². The average molecular weight is 290 g/mol. The van der Waals surface area contributed by atoms with Crippen LogP contribution in [0.25, 0.3) is 0 Å². The van der Waals surface area contributed by atoms with E-state index in [1.54, 1.807) is 4.90 Å². The zero-order chi connectivity index (χ0) is 15.2. The minimum Gasteiger partial charge on any atom is -0.492 e.